The van der Waals surface area contributed by atoms with Crippen LogP contribution < -0.4 is 5.32 Å². The molecule has 0 saturated heterocycles. The van der Waals surface area contributed by atoms with Crippen molar-refractivity contribution in [2.75, 3.05) is 26.0 Å². The van der Waals surface area contributed by atoms with Gasteiger partial charge in [-0.2, -0.15) is 0 Å². The molecule has 2 aromatic rings. The predicted octanol–water partition coefficient (Wildman–Crippen LogP) is 5.69. The van der Waals surface area contributed by atoms with E-state index in [9.17, 15) is 9.59 Å². The number of anilines is 1. The number of hydrogen-bond donors (Lipinski definition) is 1. The first-order valence-corrected chi connectivity index (χ1v) is 12.6. The highest BCUT2D eigenvalue weighted by atomic mass is 35.5. The number of hydrogen-bond acceptors (Lipinski definition) is 5. The molecule has 6 rings (SSSR count). The van der Waals surface area contributed by atoms with Crippen LogP contribution in [-0.4, -0.2) is 43.0 Å². The summed E-state index contributed by atoms with van der Waals surface area (Å²) in [5.74, 6) is 1.95. The fourth-order valence-electron chi connectivity index (χ4n) is 6.68. The average Bonchev–Trinajstić information content (AvgIpc) is 3.16. The molecule has 5 nitrogen and oxygen atoms in total. The van der Waals surface area contributed by atoms with Crippen LogP contribution in [0.2, 0.25) is 5.02 Å². The van der Waals surface area contributed by atoms with E-state index in [4.69, 9.17) is 16.3 Å². The van der Waals surface area contributed by atoms with Gasteiger partial charge in [0.25, 0.3) is 0 Å². The Hall–Kier alpha value is -1.89. The Morgan fingerprint density at radius 2 is 1.72 bits per heavy atom. The number of ether oxygens (including phenoxy) is 1. The maximum Gasteiger partial charge on any atom is 0.341 e. The molecule has 4 fully saturated rings. The van der Waals surface area contributed by atoms with E-state index in [1.807, 2.05) is 17.5 Å². The summed E-state index contributed by atoms with van der Waals surface area (Å²) in [6, 6.07) is 7.30. The number of thiophene rings is 1. The molecule has 170 valence electrons. The van der Waals surface area contributed by atoms with Gasteiger partial charge in [0.05, 0.1) is 13.7 Å². The van der Waals surface area contributed by atoms with Gasteiger partial charge in [0.2, 0.25) is 5.91 Å². The molecule has 32 heavy (non-hydrogen) atoms. The van der Waals surface area contributed by atoms with Crippen molar-refractivity contribution in [1.29, 1.82) is 0 Å². The second kappa shape index (κ2) is 8.47. The van der Waals surface area contributed by atoms with E-state index in [2.05, 4.69) is 17.3 Å². The number of benzene rings is 1. The van der Waals surface area contributed by atoms with E-state index < -0.39 is 5.97 Å². The van der Waals surface area contributed by atoms with E-state index in [0.717, 1.165) is 28.9 Å². The maximum absolute atomic E-state index is 13.1. The van der Waals surface area contributed by atoms with Gasteiger partial charge in [0, 0.05) is 21.5 Å². The zero-order chi connectivity index (χ0) is 22.5. The number of methoxy groups -OCH3 is 1. The average molecular weight is 473 g/mol. The third kappa shape index (κ3) is 3.97. The lowest BCUT2D eigenvalue weighted by molar-refractivity contribution is -0.123. The van der Waals surface area contributed by atoms with Crippen LogP contribution in [0.3, 0.4) is 0 Å². The predicted molar refractivity (Wildman–Crippen MR) is 128 cm³/mol. The van der Waals surface area contributed by atoms with E-state index in [-0.39, 0.29) is 11.4 Å². The van der Waals surface area contributed by atoms with Gasteiger partial charge < -0.3 is 10.1 Å². The van der Waals surface area contributed by atoms with Crippen LogP contribution in [0.15, 0.2) is 29.6 Å². The summed E-state index contributed by atoms with van der Waals surface area (Å²) in [6.45, 7) is 0.334. The van der Waals surface area contributed by atoms with Crippen LogP contribution in [0.25, 0.3) is 11.1 Å². The molecule has 7 heteroatoms. The molecular formula is C25H29ClN2O3S. The first-order chi connectivity index (χ1) is 15.4. The number of nitrogens with one attached hydrogen (secondary N) is 1. The van der Waals surface area contributed by atoms with Gasteiger partial charge in [-0.15, -0.1) is 11.3 Å². The lowest BCUT2D eigenvalue weighted by Crippen LogP contribution is -2.59. The molecule has 1 N–H and O–H groups in total. The van der Waals surface area contributed by atoms with Crippen LogP contribution in [-0.2, 0) is 9.53 Å². The number of esters is 1. The first-order valence-electron chi connectivity index (χ1n) is 11.3. The van der Waals surface area contributed by atoms with E-state index in [1.54, 1.807) is 12.1 Å². The minimum atomic E-state index is -0.457. The standard InChI is InChI=1S/C25H29ClN2O3S/c1-28(25-10-15-7-16(11-25)9-17(8-15)12-25)13-21(29)27-23-22(24(30)31-2)20(14-32-23)18-3-5-19(26)6-4-18/h3-6,14-17H,7-13H2,1-2H3,(H,27,29). The van der Waals surface area contributed by atoms with Crippen molar-refractivity contribution in [3.63, 3.8) is 0 Å². The number of likely N-dealkylation sites (N-methyl/N-ethyl adjacent to an activating group) is 1. The van der Waals surface area contributed by atoms with Gasteiger partial charge in [-0.05, 0) is 81.0 Å². The molecule has 0 spiro atoms. The lowest BCUT2D eigenvalue weighted by atomic mass is 9.52. The van der Waals surface area contributed by atoms with Crippen molar-refractivity contribution in [3.05, 3.63) is 40.2 Å². The summed E-state index contributed by atoms with van der Waals surface area (Å²) >= 11 is 7.36. The summed E-state index contributed by atoms with van der Waals surface area (Å²) in [4.78, 5) is 27.9. The van der Waals surface area contributed by atoms with Gasteiger partial charge in [0.15, 0.2) is 0 Å². The first kappa shape index (κ1) is 21.9. The van der Waals surface area contributed by atoms with Crippen molar-refractivity contribution in [3.8, 4) is 11.1 Å². The maximum atomic E-state index is 13.1. The normalized spacial score (nSPS) is 28.2. The van der Waals surface area contributed by atoms with Crippen molar-refractivity contribution in [2.45, 2.75) is 44.1 Å². The number of carbonyl (C=O) groups excluding carboxylic acids is 2. The number of carbonyl (C=O) groups is 2. The van der Waals surface area contributed by atoms with Gasteiger partial charge in [-0.25, -0.2) is 4.79 Å². The van der Waals surface area contributed by atoms with Gasteiger partial charge in [0.1, 0.15) is 10.6 Å². The fourth-order valence-corrected chi connectivity index (χ4v) is 7.78. The van der Waals surface area contributed by atoms with Gasteiger partial charge >= 0.3 is 5.97 Å². The largest absolute Gasteiger partial charge is 0.465 e. The van der Waals surface area contributed by atoms with Gasteiger partial charge in [-0.3, -0.25) is 9.69 Å². The van der Waals surface area contributed by atoms with Crippen molar-refractivity contribution < 1.29 is 14.3 Å². The van der Waals surface area contributed by atoms with Crippen LogP contribution in [0, 0.1) is 17.8 Å². The van der Waals surface area contributed by atoms with Crippen LogP contribution in [0.5, 0.6) is 0 Å². The minimum absolute atomic E-state index is 0.0853. The van der Waals surface area contributed by atoms with Gasteiger partial charge in [-0.1, -0.05) is 23.7 Å². The third-order valence-corrected chi connectivity index (χ3v) is 8.93. The summed E-state index contributed by atoms with van der Waals surface area (Å²) in [7, 11) is 3.46. The SMILES string of the molecule is COC(=O)c1c(-c2ccc(Cl)cc2)csc1NC(=O)CN(C)C12CC3CC(CC(C3)C1)C2. The second-order valence-corrected chi connectivity index (χ2v) is 11.2. The monoisotopic (exact) mass is 472 g/mol. The number of halogens is 1. The van der Waals surface area contributed by atoms with Crippen molar-refractivity contribution >= 4 is 39.8 Å². The van der Waals surface area contributed by atoms with Crippen LogP contribution in [0.4, 0.5) is 5.00 Å². The van der Waals surface area contributed by atoms with Crippen molar-refractivity contribution in [2.24, 2.45) is 17.8 Å². The highest BCUT2D eigenvalue weighted by molar-refractivity contribution is 7.15. The molecule has 4 aliphatic carbocycles. The number of amides is 1. The minimum Gasteiger partial charge on any atom is -0.465 e. The summed E-state index contributed by atoms with van der Waals surface area (Å²) in [5, 5.41) is 6.05. The summed E-state index contributed by atoms with van der Waals surface area (Å²) in [5.41, 5.74) is 2.16. The smallest absolute Gasteiger partial charge is 0.341 e. The second-order valence-electron chi connectivity index (χ2n) is 9.90. The van der Waals surface area contributed by atoms with E-state index in [1.165, 1.54) is 57.0 Å². The Balaban J connectivity index is 1.33. The molecule has 4 bridgehead atoms. The fraction of sp³-hybridized carbons (Fsp3) is 0.520. The molecule has 4 aliphatic rings. The zero-order valence-corrected chi connectivity index (χ0v) is 20.1. The van der Waals surface area contributed by atoms with Crippen molar-refractivity contribution in [1.82, 2.24) is 4.90 Å². The Labute approximate surface area is 198 Å². The Kier molecular flexibility index (Phi) is 5.81. The number of nitrogens with zero attached hydrogens (tertiary/aromatic N) is 1. The number of rotatable bonds is 6. The molecule has 0 atom stereocenters. The molecule has 1 aromatic heterocycles. The Bertz CT molecular complexity index is 997. The molecule has 0 radical (unpaired) electrons. The topological polar surface area (TPSA) is 58.6 Å². The molecular weight excluding hydrogens is 444 g/mol. The van der Waals surface area contributed by atoms with E-state index >= 15 is 0 Å². The summed E-state index contributed by atoms with van der Waals surface area (Å²) in [6.07, 6.45) is 7.79. The highest BCUT2D eigenvalue weighted by Gasteiger charge is 2.52. The lowest BCUT2D eigenvalue weighted by Gasteiger charge is -2.59. The molecule has 4 saturated carbocycles. The Morgan fingerprint density at radius 1 is 1.12 bits per heavy atom. The van der Waals surface area contributed by atoms with E-state index in [0.29, 0.717) is 22.1 Å². The highest BCUT2D eigenvalue weighted by Crippen LogP contribution is 2.57. The Morgan fingerprint density at radius 3 is 2.28 bits per heavy atom. The molecule has 1 heterocycles. The summed E-state index contributed by atoms with van der Waals surface area (Å²) < 4.78 is 5.03. The molecule has 0 unspecified atom stereocenters. The third-order valence-electron chi connectivity index (χ3n) is 7.79. The molecule has 1 aromatic carbocycles. The molecule has 0 aliphatic heterocycles. The van der Waals surface area contributed by atoms with Crippen LogP contribution in [0.1, 0.15) is 48.9 Å². The zero-order valence-electron chi connectivity index (χ0n) is 18.5. The quantitative estimate of drug-likeness (QED) is 0.548. The molecule has 1 amide bonds. The van der Waals surface area contributed by atoms with Crippen LogP contribution >= 0.6 is 22.9 Å².